The van der Waals surface area contributed by atoms with Crippen LogP contribution >= 0.6 is 22.7 Å². The average molecular weight is 433 g/mol. The standard InChI is InChI=1S/C18H16N4O3S3/c1-2-7-22-14-6-4-12(28(19,24)25)9-16(14)27-18(22)21-17(23)11-3-5-13-15(8-11)26-10-20-13/h3-6,8-10H,2,7H2,1H3,(H2,19,24,25). The Labute approximate surface area is 168 Å². The number of hydrogen-bond acceptors (Lipinski definition) is 6. The van der Waals surface area contributed by atoms with Gasteiger partial charge in [0.1, 0.15) is 0 Å². The van der Waals surface area contributed by atoms with Gasteiger partial charge in [-0.25, -0.2) is 18.5 Å². The van der Waals surface area contributed by atoms with Crippen molar-refractivity contribution in [2.45, 2.75) is 24.8 Å². The molecule has 10 heteroatoms. The highest BCUT2D eigenvalue weighted by Gasteiger charge is 2.13. The summed E-state index contributed by atoms with van der Waals surface area (Å²) in [5.74, 6) is -0.349. The number of hydrogen-bond donors (Lipinski definition) is 1. The van der Waals surface area contributed by atoms with Crippen LogP contribution in [0.5, 0.6) is 0 Å². The van der Waals surface area contributed by atoms with Gasteiger partial charge < -0.3 is 4.57 Å². The maximum atomic E-state index is 12.7. The molecule has 0 saturated heterocycles. The van der Waals surface area contributed by atoms with Crippen LogP contribution < -0.4 is 9.94 Å². The zero-order valence-corrected chi connectivity index (χ0v) is 17.3. The number of sulfonamides is 1. The average Bonchev–Trinajstić information content (AvgIpc) is 3.25. The van der Waals surface area contributed by atoms with Gasteiger partial charge in [-0.1, -0.05) is 18.3 Å². The van der Waals surface area contributed by atoms with Crippen molar-refractivity contribution in [2.75, 3.05) is 0 Å². The van der Waals surface area contributed by atoms with Gasteiger partial charge in [-0.15, -0.1) is 11.3 Å². The van der Waals surface area contributed by atoms with Crippen LogP contribution in [-0.2, 0) is 16.6 Å². The molecule has 2 N–H and O–H groups in total. The fourth-order valence-electron chi connectivity index (χ4n) is 2.90. The first-order valence-electron chi connectivity index (χ1n) is 8.45. The summed E-state index contributed by atoms with van der Waals surface area (Å²) in [7, 11) is -3.80. The molecule has 0 spiro atoms. The number of nitrogens with two attached hydrogens (primary N) is 1. The summed E-state index contributed by atoms with van der Waals surface area (Å²) in [6.45, 7) is 2.69. The number of thiazole rings is 2. The minimum Gasteiger partial charge on any atom is -0.316 e. The molecule has 1 amide bonds. The fraction of sp³-hybridized carbons (Fsp3) is 0.167. The van der Waals surface area contributed by atoms with Crippen molar-refractivity contribution < 1.29 is 13.2 Å². The number of benzene rings is 2. The third-order valence-corrected chi connectivity index (χ3v) is 6.95. The fourth-order valence-corrected chi connectivity index (χ4v) is 5.32. The molecule has 7 nitrogen and oxygen atoms in total. The normalized spacial score (nSPS) is 12.9. The molecule has 144 valence electrons. The van der Waals surface area contributed by atoms with Gasteiger partial charge in [0.15, 0.2) is 4.80 Å². The summed E-state index contributed by atoms with van der Waals surface area (Å²) in [6, 6.07) is 10.0. The second-order valence-electron chi connectivity index (χ2n) is 6.16. The highest BCUT2D eigenvalue weighted by atomic mass is 32.2. The predicted molar refractivity (Wildman–Crippen MR) is 111 cm³/mol. The smallest absolute Gasteiger partial charge is 0.279 e. The molecule has 0 unspecified atom stereocenters. The summed E-state index contributed by atoms with van der Waals surface area (Å²) in [6.07, 6.45) is 0.844. The zero-order chi connectivity index (χ0) is 19.9. The minimum atomic E-state index is -3.80. The van der Waals surface area contributed by atoms with E-state index < -0.39 is 10.0 Å². The highest BCUT2D eigenvalue weighted by molar-refractivity contribution is 7.89. The van der Waals surface area contributed by atoms with Crippen LogP contribution in [0.2, 0.25) is 0 Å². The molecule has 4 rings (SSSR count). The molecule has 2 aromatic carbocycles. The van der Waals surface area contributed by atoms with Gasteiger partial charge in [-0.2, -0.15) is 4.99 Å². The predicted octanol–water partition coefficient (Wildman–Crippen LogP) is 3.11. The van der Waals surface area contributed by atoms with Gasteiger partial charge in [0.2, 0.25) is 10.0 Å². The minimum absolute atomic E-state index is 0.0402. The van der Waals surface area contributed by atoms with Crippen molar-refractivity contribution >= 4 is 59.0 Å². The zero-order valence-electron chi connectivity index (χ0n) is 14.8. The third-order valence-electron chi connectivity index (χ3n) is 4.21. The first-order chi connectivity index (χ1) is 13.4. The first-order valence-corrected chi connectivity index (χ1v) is 11.7. The Morgan fingerprint density at radius 1 is 1.21 bits per heavy atom. The number of nitrogens with zero attached hydrogens (tertiary/aromatic N) is 3. The maximum Gasteiger partial charge on any atom is 0.279 e. The lowest BCUT2D eigenvalue weighted by Gasteiger charge is -2.03. The van der Waals surface area contributed by atoms with E-state index in [1.165, 1.54) is 34.8 Å². The molecule has 0 aliphatic heterocycles. The van der Waals surface area contributed by atoms with Crippen molar-refractivity contribution in [2.24, 2.45) is 10.1 Å². The topological polar surface area (TPSA) is 107 Å². The molecule has 0 saturated carbocycles. The van der Waals surface area contributed by atoms with Crippen LogP contribution in [0.1, 0.15) is 23.7 Å². The summed E-state index contributed by atoms with van der Waals surface area (Å²) < 4.78 is 26.8. The second-order valence-corrected chi connectivity index (χ2v) is 9.62. The summed E-state index contributed by atoms with van der Waals surface area (Å²) in [5, 5.41) is 5.23. The van der Waals surface area contributed by atoms with E-state index in [-0.39, 0.29) is 10.8 Å². The van der Waals surface area contributed by atoms with Crippen LogP contribution in [0.25, 0.3) is 20.4 Å². The number of aryl methyl sites for hydroxylation is 1. The van der Waals surface area contributed by atoms with E-state index in [0.717, 1.165) is 22.2 Å². The first kappa shape index (κ1) is 18.9. The third kappa shape index (κ3) is 3.51. The summed E-state index contributed by atoms with van der Waals surface area (Å²) in [5.41, 5.74) is 3.89. The Kier molecular flexibility index (Phi) is 4.88. The SMILES string of the molecule is CCCn1c(=NC(=O)c2ccc3ncsc3c2)sc2cc(S(N)(=O)=O)ccc21. The highest BCUT2D eigenvalue weighted by Crippen LogP contribution is 2.22. The van der Waals surface area contributed by atoms with Crippen molar-refractivity contribution in [3.63, 3.8) is 0 Å². The van der Waals surface area contributed by atoms with Crippen molar-refractivity contribution in [3.8, 4) is 0 Å². The molecule has 0 bridgehead atoms. The van der Waals surface area contributed by atoms with E-state index >= 15 is 0 Å². The van der Waals surface area contributed by atoms with Crippen LogP contribution in [0.15, 0.2) is 51.8 Å². The molecular formula is C18H16N4O3S3. The van der Waals surface area contributed by atoms with Crippen LogP contribution in [0.4, 0.5) is 0 Å². The van der Waals surface area contributed by atoms with E-state index in [0.29, 0.717) is 21.6 Å². The van der Waals surface area contributed by atoms with Gasteiger partial charge in [-0.05, 0) is 42.8 Å². The molecule has 0 atom stereocenters. The Morgan fingerprint density at radius 3 is 2.79 bits per heavy atom. The van der Waals surface area contributed by atoms with Gasteiger partial charge in [0.25, 0.3) is 5.91 Å². The number of rotatable bonds is 4. The van der Waals surface area contributed by atoms with Crippen molar-refractivity contribution in [1.82, 2.24) is 9.55 Å². The number of aromatic nitrogens is 2. The quantitative estimate of drug-likeness (QED) is 0.534. The number of primary sulfonamides is 1. The van der Waals surface area contributed by atoms with E-state index in [4.69, 9.17) is 5.14 Å². The van der Waals surface area contributed by atoms with Gasteiger partial charge in [0, 0.05) is 12.1 Å². The Bertz CT molecular complexity index is 1380. The van der Waals surface area contributed by atoms with E-state index in [1.807, 2.05) is 11.5 Å². The monoisotopic (exact) mass is 432 g/mol. The molecule has 0 aliphatic rings. The van der Waals surface area contributed by atoms with E-state index in [9.17, 15) is 13.2 Å². The molecular weight excluding hydrogens is 416 g/mol. The lowest BCUT2D eigenvalue weighted by molar-refractivity contribution is 0.0998. The molecule has 0 fully saturated rings. The largest absolute Gasteiger partial charge is 0.316 e. The Morgan fingerprint density at radius 2 is 2.04 bits per heavy atom. The summed E-state index contributed by atoms with van der Waals surface area (Å²) in [4.78, 5) is 21.8. The van der Waals surface area contributed by atoms with Crippen LogP contribution in [-0.4, -0.2) is 23.9 Å². The Hall–Kier alpha value is -2.40. The van der Waals surface area contributed by atoms with Gasteiger partial charge in [-0.3, -0.25) is 4.79 Å². The molecule has 0 radical (unpaired) electrons. The Balaban J connectivity index is 1.85. The summed E-state index contributed by atoms with van der Waals surface area (Å²) >= 11 is 2.74. The number of carbonyl (C=O) groups is 1. The number of carbonyl (C=O) groups excluding carboxylic acids is 1. The van der Waals surface area contributed by atoms with E-state index in [2.05, 4.69) is 9.98 Å². The molecule has 2 aromatic heterocycles. The van der Waals surface area contributed by atoms with E-state index in [1.54, 1.807) is 29.8 Å². The molecule has 0 aliphatic carbocycles. The van der Waals surface area contributed by atoms with Gasteiger partial charge in [0.05, 0.1) is 30.8 Å². The maximum absolute atomic E-state index is 12.7. The molecule has 4 aromatic rings. The lowest BCUT2D eigenvalue weighted by atomic mass is 10.2. The number of amides is 1. The number of fused-ring (bicyclic) bond motifs is 2. The molecule has 28 heavy (non-hydrogen) atoms. The molecule has 2 heterocycles. The van der Waals surface area contributed by atoms with Crippen molar-refractivity contribution in [1.29, 1.82) is 0 Å². The van der Waals surface area contributed by atoms with Crippen LogP contribution in [0, 0.1) is 0 Å². The second kappa shape index (κ2) is 7.21. The van der Waals surface area contributed by atoms with Gasteiger partial charge >= 0.3 is 0 Å². The van der Waals surface area contributed by atoms with Crippen LogP contribution in [0.3, 0.4) is 0 Å². The lowest BCUT2D eigenvalue weighted by Crippen LogP contribution is -2.17. The van der Waals surface area contributed by atoms with Crippen molar-refractivity contribution in [3.05, 3.63) is 52.3 Å².